The number of benzene rings is 2. The smallest absolute Gasteiger partial charge is 0.246 e. The van der Waals surface area contributed by atoms with Crippen LogP contribution in [0.15, 0.2) is 53.4 Å². The molecule has 6 nitrogen and oxygen atoms in total. The fraction of sp³-hybridized carbons (Fsp3) is 0.435. The number of hydrogen-bond acceptors (Lipinski definition) is 4. The number of sulfonamides is 1. The Morgan fingerprint density at radius 1 is 0.844 bits per heavy atom. The second-order valence-electron chi connectivity index (χ2n) is 8.32. The molecule has 2 heterocycles. The number of carbonyl (C=O) groups excluding carboxylic acids is 1. The van der Waals surface area contributed by atoms with E-state index < -0.39 is 10.0 Å². The first kappa shape index (κ1) is 23.5. The number of carbonyl (C=O) groups is 1. The molecule has 1 amide bonds. The van der Waals surface area contributed by atoms with Crippen molar-refractivity contribution in [1.82, 2.24) is 14.1 Å². The second kappa shape index (κ2) is 10.1. The van der Waals surface area contributed by atoms with Crippen LogP contribution in [-0.4, -0.2) is 67.7 Å². The molecule has 2 fully saturated rings. The van der Waals surface area contributed by atoms with Crippen LogP contribution < -0.4 is 0 Å². The van der Waals surface area contributed by atoms with Crippen molar-refractivity contribution in [2.75, 3.05) is 39.3 Å². The standard InChI is InChI=1S/C23H27Cl2N3O3S/c24-20-7-4-8-21(25)22(20)32(30,31)28-11-9-19(10-12-28)23(29)27-15-13-26(14-16-27)17-18-5-2-1-3-6-18/h1-8,19H,9-17H2. The lowest BCUT2D eigenvalue weighted by Crippen LogP contribution is -2.51. The van der Waals surface area contributed by atoms with Crippen molar-refractivity contribution in [2.24, 2.45) is 5.92 Å². The van der Waals surface area contributed by atoms with Gasteiger partial charge in [-0.3, -0.25) is 9.69 Å². The summed E-state index contributed by atoms with van der Waals surface area (Å²) in [5.74, 6) is -0.0129. The van der Waals surface area contributed by atoms with E-state index in [0.29, 0.717) is 25.9 Å². The molecule has 0 spiro atoms. The molecule has 0 saturated carbocycles. The number of nitrogens with zero attached hydrogens (tertiary/aromatic N) is 3. The van der Waals surface area contributed by atoms with Crippen molar-refractivity contribution in [3.05, 3.63) is 64.1 Å². The molecule has 0 aromatic heterocycles. The predicted octanol–water partition coefficient (Wildman–Crippen LogP) is 3.74. The largest absolute Gasteiger partial charge is 0.340 e. The Morgan fingerprint density at radius 2 is 1.44 bits per heavy atom. The molecule has 0 unspecified atom stereocenters. The van der Waals surface area contributed by atoms with Gasteiger partial charge in [0, 0.05) is 51.7 Å². The van der Waals surface area contributed by atoms with Gasteiger partial charge in [0.05, 0.1) is 10.0 Å². The Kier molecular flexibility index (Phi) is 7.42. The molecule has 172 valence electrons. The number of rotatable bonds is 5. The third-order valence-corrected chi connectivity index (χ3v) is 9.11. The van der Waals surface area contributed by atoms with Gasteiger partial charge in [0.1, 0.15) is 4.90 Å². The van der Waals surface area contributed by atoms with E-state index >= 15 is 0 Å². The van der Waals surface area contributed by atoms with Gasteiger partial charge < -0.3 is 4.90 Å². The van der Waals surface area contributed by atoms with Crippen molar-refractivity contribution in [3.8, 4) is 0 Å². The summed E-state index contributed by atoms with van der Waals surface area (Å²) in [6.07, 6.45) is 1.01. The molecule has 0 N–H and O–H groups in total. The van der Waals surface area contributed by atoms with E-state index in [1.165, 1.54) is 22.0 Å². The van der Waals surface area contributed by atoms with E-state index in [4.69, 9.17) is 23.2 Å². The van der Waals surface area contributed by atoms with Crippen molar-refractivity contribution in [2.45, 2.75) is 24.3 Å². The van der Waals surface area contributed by atoms with Crippen LogP contribution in [-0.2, 0) is 21.4 Å². The zero-order chi connectivity index (χ0) is 22.7. The molecule has 2 aliphatic heterocycles. The number of piperidine rings is 1. The minimum absolute atomic E-state index is 0.0531. The second-order valence-corrected chi connectivity index (χ2v) is 11.0. The highest BCUT2D eigenvalue weighted by molar-refractivity contribution is 7.89. The van der Waals surface area contributed by atoms with E-state index in [9.17, 15) is 13.2 Å². The first-order valence-corrected chi connectivity index (χ1v) is 13.0. The molecule has 2 aliphatic rings. The highest BCUT2D eigenvalue weighted by Crippen LogP contribution is 2.33. The van der Waals surface area contributed by atoms with Crippen molar-refractivity contribution in [1.29, 1.82) is 0 Å². The monoisotopic (exact) mass is 495 g/mol. The number of halogens is 2. The Bertz CT molecular complexity index is 1030. The van der Waals surface area contributed by atoms with Crippen molar-refractivity contribution >= 4 is 39.1 Å². The third-order valence-electron chi connectivity index (χ3n) is 6.25. The van der Waals surface area contributed by atoms with Crippen LogP contribution >= 0.6 is 23.2 Å². The van der Waals surface area contributed by atoms with Crippen LogP contribution in [0.4, 0.5) is 0 Å². The van der Waals surface area contributed by atoms with Gasteiger partial charge in [-0.05, 0) is 30.5 Å². The molecule has 0 aliphatic carbocycles. The van der Waals surface area contributed by atoms with Gasteiger partial charge in [-0.25, -0.2) is 8.42 Å². The molecule has 0 atom stereocenters. The minimum atomic E-state index is -3.80. The molecule has 9 heteroatoms. The van der Waals surface area contributed by atoms with Crippen LogP contribution in [0.5, 0.6) is 0 Å². The zero-order valence-corrected chi connectivity index (χ0v) is 20.1. The average molecular weight is 496 g/mol. The average Bonchev–Trinajstić information content (AvgIpc) is 2.80. The van der Waals surface area contributed by atoms with Crippen LogP contribution in [0, 0.1) is 5.92 Å². The van der Waals surface area contributed by atoms with E-state index in [2.05, 4.69) is 17.0 Å². The van der Waals surface area contributed by atoms with E-state index in [1.54, 1.807) is 6.07 Å². The maximum Gasteiger partial charge on any atom is 0.246 e. The highest BCUT2D eigenvalue weighted by atomic mass is 35.5. The van der Waals surface area contributed by atoms with Crippen LogP contribution in [0.3, 0.4) is 0 Å². The summed E-state index contributed by atoms with van der Waals surface area (Å²) in [4.78, 5) is 17.3. The van der Waals surface area contributed by atoms with Crippen LogP contribution in [0.25, 0.3) is 0 Å². The molecule has 2 aromatic carbocycles. The third kappa shape index (κ3) is 5.13. The molecular formula is C23H27Cl2N3O3S. The van der Waals surface area contributed by atoms with Crippen molar-refractivity contribution < 1.29 is 13.2 Å². The summed E-state index contributed by atoms with van der Waals surface area (Å²) in [6, 6.07) is 15.0. The van der Waals surface area contributed by atoms with Crippen molar-refractivity contribution in [3.63, 3.8) is 0 Å². The van der Waals surface area contributed by atoms with Crippen LogP contribution in [0.1, 0.15) is 18.4 Å². The van der Waals surface area contributed by atoms with Gasteiger partial charge in [-0.15, -0.1) is 0 Å². The van der Waals surface area contributed by atoms with Gasteiger partial charge in [0.2, 0.25) is 15.9 Å². The Labute approximate surface area is 199 Å². The van der Waals surface area contributed by atoms with E-state index in [1.807, 2.05) is 23.1 Å². The Morgan fingerprint density at radius 3 is 2.03 bits per heavy atom. The van der Waals surface area contributed by atoms with Gasteiger partial charge in [-0.1, -0.05) is 59.6 Å². The summed E-state index contributed by atoms with van der Waals surface area (Å²) < 4.78 is 27.5. The minimum Gasteiger partial charge on any atom is -0.340 e. The number of piperazine rings is 1. The van der Waals surface area contributed by atoms with Gasteiger partial charge >= 0.3 is 0 Å². The fourth-order valence-corrected chi connectivity index (χ4v) is 6.99. The number of amides is 1. The predicted molar refractivity (Wildman–Crippen MR) is 126 cm³/mol. The first-order valence-electron chi connectivity index (χ1n) is 10.9. The number of hydrogen-bond donors (Lipinski definition) is 0. The van der Waals surface area contributed by atoms with Gasteiger partial charge in [-0.2, -0.15) is 4.31 Å². The summed E-state index contributed by atoms with van der Waals surface area (Å²) in [5, 5.41) is 0.230. The molecule has 0 bridgehead atoms. The lowest BCUT2D eigenvalue weighted by molar-refractivity contribution is -0.138. The molecular weight excluding hydrogens is 469 g/mol. The summed E-state index contributed by atoms with van der Waals surface area (Å²) in [5.41, 5.74) is 1.28. The Hall–Kier alpha value is -1.64. The highest BCUT2D eigenvalue weighted by Gasteiger charge is 2.36. The molecule has 2 saturated heterocycles. The summed E-state index contributed by atoms with van der Waals surface area (Å²) in [7, 11) is -3.80. The van der Waals surface area contributed by atoms with Gasteiger partial charge in [0.15, 0.2) is 0 Å². The molecule has 2 aromatic rings. The summed E-state index contributed by atoms with van der Waals surface area (Å²) >= 11 is 12.2. The maximum absolute atomic E-state index is 13.0. The van der Waals surface area contributed by atoms with Crippen LogP contribution in [0.2, 0.25) is 10.0 Å². The SMILES string of the molecule is O=C(C1CCN(S(=O)(=O)c2c(Cl)cccc2Cl)CC1)N1CCN(Cc2ccccc2)CC1. The normalized spacial score (nSPS) is 19.2. The lowest BCUT2D eigenvalue weighted by atomic mass is 9.96. The topological polar surface area (TPSA) is 60.9 Å². The lowest BCUT2D eigenvalue weighted by Gasteiger charge is -2.38. The molecule has 4 rings (SSSR count). The fourth-order valence-electron chi connectivity index (χ4n) is 4.43. The molecule has 32 heavy (non-hydrogen) atoms. The zero-order valence-electron chi connectivity index (χ0n) is 17.8. The first-order chi connectivity index (χ1) is 15.4. The Balaban J connectivity index is 1.30. The maximum atomic E-state index is 13.0. The quantitative estimate of drug-likeness (QED) is 0.633. The molecule has 0 radical (unpaired) electrons. The van der Waals surface area contributed by atoms with Gasteiger partial charge in [0.25, 0.3) is 0 Å². The van der Waals surface area contributed by atoms with E-state index in [-0.39, 0.29) is 39.9 Å². The summed E-state index contributed by atoms with van der Waals surface area (Å²) in [6.45, 7) is 4.57. The van der Waals surface area contributed by atoms with E-state index in [0.717, 1.165) is 19.6 Å².